The van der Waals surface area contributed by atoms with E-state index in [-0.39, 0.29) is 5.91 Å². The second-order valence-corrected chi connectivity index (χ2v) is 7.89. The number of aryl methyl sites for hydroxylation is 1. The van der Waals surface area contributed by atoms with Crippen LogP contribution in [0.1, 0.15) is 35.5 Å². The fourth-order valence-electron chi connectivity index (χ4n) is 3.94. The van der Waals surface area contributed by atoms with Crippen molar-refractivity contribution in [2.45, 2.75) is 32.7 Å². The molecule has 2 aromatic heterocycles. The lowest BCUT2D eigenvalue weighted by Crippen LogP contribution is -2.49. The Morgan fingerprint density at radius 3 is 2.69 bits per heavy atom. The van der Waals surface area contributed by atoms with Crippen LogP contribution in [0.25, 0.3) is 22.4 Å². The average Bonchev–Trinajstić information content (AvgIpc) is 2.95. The predicted molar refractivity (Wildman–Crippen MR) is 110 cm³/mol. The average molecular weight is 390 g/mol. The third-order valence-electron chi connectivity index (χ3n) is 5.02. The molecule has 3 aromatic rings. The summed E-state index contributed by atoms with van der Waals surface area (Å²) in [4.78, 5) is 34.0. The van der Waals surface area contributed by atoms with Crippen LogP contribution in [0.3, 0.4) is 0 Å². The zero-order chi connectivity index (χ0) is 20.8. The molecule has 0 unspecified atom stereocenters. The van der Waals surface area contributed by atoms with Gasteiger partial charge in [-0.15, -0.1) is 0 Å². The first-order chi connectivity index (χ1) is 13.8. The van der Waals surface area contributed by atoms with E-state index in [2.05, 4.69) is 10.3 Å². The minimum atomic E-state index is -0.481. The number of hydrogen-bond acceptors (Lipinski definition) is 5. The molecule has 3 N–H and O–H groups in total. The van der Waals surface area contributed by atoms with Gasteiger partial charge in [-0.3, -0.25) is 9.59 Å². The van der Waals surface area contributed by atoms with Gasteiger partial charge in [0.1, 0.15) is 5.82 Å². The molecule has 4 rings (SSSR count). The van der Waals surface area contributed by atoms with E-state index in [0.29, 0.717) is 46.8 Å². The number of carbonyl (C=O) groups excluding carboxylic acids is 2. The minimum absolute atomic E-state index is 0.204. The number of amides is 1. The molecule has 1 aliphatic rings. The highest BCUT2D eigenvalue weighted by Crippen LogP contribution is 2.42. The Kier molecular flexibility index (Phi) is 4.38. The molecule has 0 saturated heterocycles. The zero-order valence-electron chi connectivity index (χ0n) is 16.5. The molecule has 3 heterocycles. The van der Waals surface area contributed by atoms with Crippen molar-refractivity contribution in [3.63, 3.8) is 0 Å². The topological polar surface area (TPSA) is 99.2 Å². The van der Waals surface area contributed by atoms with Crippen molar-refractivity contribution in [3.05, 3.63) is 59.4 Å². The Morgan fingerprint density at radius 2 is 2.00 bits per heavy atom. The van der Waals surface area contributed by atoms with Crippen LogP contribution < -0.4 is 15.9 Å². The molecule has 1 aliphatic heterocycles. The lowest BCUT2D eigenvalue weighted by Gasteiger charge is -2.31. The Labute approximate surface area is 168 Å². The molecule has 1 aromatic carbocycles. The first-order valence-electron chi connectivity index (χ1n) is 9.30. The Morgan fingerprint density at radius 1 is 1.21 bits per heavy atom. The Hall–Kier alpha value is -3.61. The van der Waals surface area contributed by atoms with E-state index in [1.807, 2.05) is 45.0 Å². The molecule has 0 aliphatic carbocycles. The lowest BCUT2D eigenvalue weighted by molar-refractivity contribution is -0.129. The van der Waals surface area contributed by atoms with Gasteiger partial charge in [-0.1, -0.05) is 29.8 Å². The van der Waals surface area contributed by atoms with Gasteiger partial charge in [0.25, 0.3) is 5.91 Å². The van der Waals surface area contributed by atoms with Gasteiger partial charge in [0, 0.05) is 29.3 Å². The molecular formula is C22H22N4O3. The summed E-state index contributed by atoms with van der Waals surface area (Å²) in [6.45, 7) is 6.22. The maximum Gasteiger partial charge on any atom is 0.321 e. The van der Waals surface area contributed by atoms with Crippen LogP contribution in [0, 0.1) is 6.92 Å². The molecule has 0 fully saturated rings. The van der Waals surface area contributed by atoms with Crippen LogP contribution in [0.2, 0.25) is 0 Å². The molecule has 0 atom stereocenters. The number of benzene rings is 1. The van der Waals surface area contributed by atoms with E-state index in [0.717, 1.165) is 11.1 Å². The van der Waals surface area contributed by atoms with Gasteiger partial charge in [-0.05, 0) is 38.5 Å². The molecule has 1 amide bonds. The van der Waals surface area contributed by atoms with Gasteiger partial charge in [0.2, 0.25) is 0 Å². The SMILES string of the molecule is Cc1cccc(-c2c3c(n(OC=O)c2-c2ccnc(N)c2)CC(C)(C)NC3=O)c1. The van der Waals surface area contributed by atoms with Crippen LogP contribution in [0.15, 0.2) is 42.6 Å². The number of nitrogens with one attached hydrogen (secondary N) is 1. The molecule has 0 saturated carbocycles. The first-order valence-corrected chi connectivity index (χ1v) is 9.30. The molecule has 29 heavy (non-hydrogen) atoms. The highest BCUT2D eigenvalue weighted by molar-refractivity contribution is 6.07. The zero-order valence-corrected chi connectivity index (χ0v) is 16.5. The largest absolute Gasteiger partial charge is 0.384 e. The van der Waals surface area contributed by atoms with Gasteiger partial charge in [0.15, 0.2) is 0 Å². The summed E-state index contributed by atoms with van der Waals surface area (Å²) in [5.74, 6) is 0.128. The fourth-order valence-corrected chi connectivity index (χ4v) is 3.94. The molecule has 7 nitrogen and oxygen atoms in total. The summed E-state index contributed by atoms with van der Waals surface area (Å²) in [7, 11) is 0. The van der Waals surface area contributed by atoms with Gasteiger partial charge < -0.3 is 15.9 Å². The second kappa shape index (κ2) is 6.77. The minimum Gasteiger partial charge on any atom is -0.384 e. The predicted octanol–water partition coefficient (Wildman–Crippen LogP) is 2.76. The smallest absolute Gasteiger partial charge is 0.321 e. The molecule has 7 heteroatoms. The van der Waals surface area contributed by atoms with Crippen LogP contribution >= 0.6 is 0 Å². The number of nitrogens with two attached hydrogens (primary N) is 1. The van der Waals surface area contributed by atoms with E-state index in [1.165, 1.54) is 4.73 Å². The van der Waals surface area contributed by atoms with Crippen molar-refractivity contribution in [2.75, 3.05) is 5.73 Å². The maximum absolute atomic E-state index is 13.1. The van der Waals surface area contributed by atoms with Crippen LogP contribution in [-0.2, 0) is 11.2 Å². The van der Waals surface area contributed by atoms with Gasteiger partial charge in [0.05, 0.1) is 17.0 Å². The maximum atomic E-state index is 13.1. The van der Waals surface area contributed by atoms with Crippen molar-refractivity contribution in [2.24, 2.45) is 0 Å². The molecule has 148 valence electrons. The first kappa shape index (κ1) is 18.7. The second-order valence-electron chi connectivity index (χ2n) is 7.89. The van der Waals surface area contributed by atoms with Crippen LogP contribution in [0.5, 0.6) is 0 Å². The monoisotopic (exact) mass is 390 g/mol. The number of pyridine rings is 1. The number of fused-ring (bicyclic) bond motifs is 1. The van der Waals surface area contributed by atoms with Crippen molar-refractivity contribution in [1.82, 2.24) is 15.0 Å². The fraction of sp³-hybridized carbons (Fsp3) is 0.227. The van der Waals surface area contributed by atoms with Gasteiger partial charge in [-0.25, -0.2) is 4.98 Å². The number of hydrogen-bond donors (Lipinski definition) is 2. The molecule has 0 bridgehead atoms. The van der Waals surface area contributed by atoms with E-state index in [1.54, 1.807) is 18.3 Å². The number of rotatable bonds is 4. The van der Waals surface area contributed by atoms with E-state index in [4.69, 9.17) is 10.6 Å². The van der Waals surface area contributed by atoms with Crippen molar-refractivity contribution in [1.29, 1.82) is 0 Å². The summed E-state index contributed by atoms with van der Waals surface area (Å²) in [5.41, 5.74) is 10.5. The van der Waals surface area contributed by atoms with Crippen molar-refractivity contribution >= 4 is 18.2 Å². The van der Waals surface area contributed by atoms with E-state index < -0.39 is 5.54 Å². The number of nitrogens with zero attached hydrogens (tertiary/aromatic N) is 2. The summed E-state index contributed by atoms with van der Waals surface area (Å²) < 4.78 is 1.45. The standard InChI is InChI=1S/C22H22N4O3/c1-13-5-4-6-14(9-13)18-19-16(11-22(2,3)25-21(19)28)26(29-12-27)20(18)15-7-8-24-17(23)10-15/h4-10,12H,11H2,1-3H3,(H2,23,24)(H,25,28). The molecule has 0 spiro atoms. The number of anilines is 1. The van der Waals surface area contributed by atoms with Crippen LogP contribution in [-0.4, -0.2) is 27.6 Å². The summed E-state index contributed by atoms with van der Waals surface area (Å²) >= 11 is 0. The third kappa shape index (κ3) is 3.24. The van der Waals surface area contributed by atoms with Crippen LogP contribution in [0.4, 0.5) is 5.82 Å². The lowest BCUT2D eigenvalue weighted by atomic mass is 9.88. The molecular weight excluding hydrogens is 368 g/mol. The summed E-state index contributed by atoms with van der Waals surface area (Å²) in [6, 6.07) is 11.3. The Bertz CT molecular complexity index is 1130. The van der Waals surface area contributed by atoms with E-state index >= 15 is 0 Å². The van der Waals surface area contributed by atoms with E-state index in [9.17, 15) is 9.59 Å². The quantitative estimate of drug-likeness (QED) is 0.668. The van der Waals surface area contributed by atoms with Crippen molar-refractivity contribution in [3.8, 4) is 22.4 Å². The summed E-state index contributed by atoms with van der Waals surface area (Å²) in [6.07, 6.45) is 2.09. The third-order valence-corrected chi connectivity index (χ3v) is 5.02. The Balaban J connectivity index is 2.12. The normalized spacial score (nSPS) is 14.8. The number of aromatic nitrogens is 2. The highest BCUT2D eigenvalue weighted by Gasteiger charge is 2.38. The number of nitrogen functional groups attached to an aromatic ring is 1. The molecule has 0 radical (unpaired) electrons. The van der Waals surface area contributed by atoms with Gasteiger partial charge in [-0.2, -0.15) is 4.73 Å². The van der Waals surface area contributed by atoms with Gasteiger partial charge >= 0.3 is 6.47 Å². The summed E-state index contributed by atoms with van der Waals surface area (Å²) in [5, 5.41) is 3.05. The highest BCUT2D eigenvalue weighted by atomic mass is 16.7. The number of carbonyl (C=O) groups is 2. The van der Waals surface area contributed by atoms with Crippen molar-refractivity contribution < 1.29 is 14.4 Å².